The van der Waals surface area contributed by atoms with Crippen LogP contribution in [0.5, 0.6) is 0 Å². The van der Waals surface area contributed by atoms with Crippen LogP contribution in [-0.2, 0) is 25.5 Å². The van der Waals surface area contributed by atoms with E-state index in [1.165, 1.54) is 0 Å². The summed E-state index contributed by atoms with van der Waals surface area (Å²) in [4.78, 5) is 46.7. The number of anilines is 1. The maximum Gasteiger partial charge on any atom is 0.490 e. The molecular weight excluding hydrogens is 545 g/mol. The van der Waals surface area contributed by atoms with E-state index in [2.05, 4.69) is 5.32 Å². The van der Waals surface area contributed by atoms with E-state index in [1.807, 2.05) is 30.3 Å². The third-order valence-corrected chi connectivity index (χ3v) is 5.83. The summed E-state index contributed by atoms with van der Waals surface area (Å²) in [7, 11) is 0. The first kappa shape index (κ1) is 31.0. The van der Waals surface area contributed by atoms with Crippen LogP contribution in [0.25, 0.3) is 0 Å². The molecule has 1 aliphatic rings. The van der Waals surface area contributed by atoms with Crippen molar-refractivity contribution >= 4 is 29.2 Å². The van der Waals surface area contributed by atoms with Crippen molar-refractivity contribution in [3.8, 4) is 0 Å². The van der Waals surface area contributed by atoms with Gasteiger partial charge in [-0.3, -0.25) is 14.4 Å². The highest BCUT2D eigenvalue weighted by Crippen LogP contribution is 2.31. The Hall–Kier alpha value is -4.55. The van der Waals surface area contributed by atoms with Crippen LogP contribution in [0.3, 0.4) is 0 Å². The number of nitrogens with one attached hydrogen (secondary N) is 1. The number of rotatable bonds is 10. The summed E-state index contributed by atoms with van der Waals surface area (Å²) in [6.45, 7) is 1.08. The van der Waals surface area contributed by atoms with Crippen molar-refractivity contribution in [3.63, 3.8) is 0 Å². The number of hydrogen-bond acceptors (Lipinski definition) is 8. The van der Waals surface area contributed by atoms with Crippen molar-refractivity contribution in [2.75, 3.05) is 31.7 Å². The van der Waals surface area contributed by atoms with Gasteiger partial charge in [0, 0.05) is 28.9 Å². The highest BCUT2D eigenvalue weighted by Gasteiger charge is 2.38. The quantitative estimate of drug-likeness (QED) is 0.192. The molecule has 0 aromatic heterocycles. The van der Waals surface area contributed by atoms with Crippen molar-refractivity contribution in [1.82, 2.24) is 0 Å². The van der Waals surface area contributed by atoms with Crippen LogP contribution in [0.15, 0.2) is 72.8 Å². The van der Waals surface area contributed by atoms with Gasteiger partial charge in [0.15, 0.2) is 11.6 Å². The van der Waals surface area contributed by atoms with Gasteiger partial charge in [-0.15, -0.1) is 0 Å². The molecule has 4 N–H and O–H groups in total. The summed E-state index contributed by atoms with van der Waals surface area (Å²) in [5.74, 6) is -3.55. The van der Waals surface area contributed by atoms with E-state index in [0.717, 1.165) is 5.56 Å². The van der Waals surface area contributed by atoms with E-state index in [1.54, 1.807) is 42.5 Å². The second-order valence-electron chi connectivity index (χ2n) is 8.74. The Morgan fingerprint density at radius 3 is 2.05 bits per heavy atom. The van der Waals surface area contributed by atoms with E-state index in [0.29, 0.717) is 47.5 Å². The number of hydrogen-bond donors (Lipinski definition) is 3. The third-order valence-electron chi connectivity index (χ3n) is 5.83. The first-order valence-electron chi connectivity index (χ1n) is 12.4. The molecule has 0 radical (unpaired) electrons. The molecule has 3 aromatic carbocycles. The average Bonchev–Trinajstić information content (AvgIpc) is 2.95. The second-order valence-corrected chi connectivity index (χ2v) is 8.74. The average molecular weight is 573 g/mol. The summed E-state index contributed by atoms with van der Waals surface area (Å²) < 4.78 is 42.4. The van der Waals surface area contributed by atoms with Gasteiger partial charge in [0.2, 0.25) is 0 Å². The van der Waals surface area contributed by atoms with Gasteiger partial charge in [-0.25, -0.2) is 4.79 Å². The molecule has 0 saturated carbocycles. The summed E-state index contributed by atoms with van der Waals surface area (Å²) >= 11 is 0. The number of benzene rings is 3. The fourth-order valence-corrected chi connectivity index (χ4v) is 3.91. The molecule has 4 rings (SSSR count). The van der Waals surface area contributed by atoms with Gasteiger partial charge in [0.25, 0.3) is 0 Å². The Bertz CT molecular complexity index is 1390. The smallest absolute Gasteiger partial charge is 0.475 e. The number of carbonyl (C=O) groups excluding carboxylic acids is 3. The predicted octanol–water partition coefficient (Wildman–Crippen LogP) is 3.64. The fraction of sp³-hybridized carbons (Fsp3) is 0.241. The molecule has 41 heavy (non-hydrogen) atoms. The van der Waals surface area contributed by atoms with Crippen LogP contribution in [0.1, 0.15) is 37.4 Å². The fourth-order valence-electron chi connectivity index (χ4n) is 3.91. The number of alkyl halides is 3. The lowest BCUT2D eigenvalue weighted by atomic mass is 9.83. The summed E-state index contributed by atoms with van der Waals surface area (Å²) in [6.07, 6.45) is -4.67. The van der Waals surface area contributed by atoms with E-state index >= 15 is 0 Å². The number of nitrogens with two attached hydrogens (primary N) is 1. The molecule has 0 aliphatic heterocycles. The monoisotopic (exact) mass is 572 g/mol. The lowest BCUT2D eigenvalue weighted by Crippen LogP contribution is -2.35. The number of aliphatic carboxylic acids is 1. The number of carbonyl (C=O) groups is 4. The van der Waals surface area contributed by atoms with Crippen LogP contribution in [-0.4, -0.2) is 67.2 Å². The van der Waals surface area contributed by atoms with Crippen molar-refractivity contribution in [2.45, 2.75) is 18.6 Å². The lowest BCUT2D eigenvalue weighted by molar-refractivity contribution is -0.192. The van der Waals surface area contributed by atoms with Gasteiger partial charge in [0.1, 0.15) is 12.6 Å². The Kier molecular flexibility index (Phi) is 10.7. The van der Waals surface area contributed by atoms with Gasteiger partial charge < -0.3 is 25.6 Å². The van der Waals surface area contributed by atoms with Crippen LogP contribution in [0, 0.1) is 0 Å². The maximum absolute atomic E-state index is 13.0. The number of esters is 1. The molecule has 0 spiro atoms. The standard InChI is InChI=1S/C27H26N2O5.C2HF3O2/c28-22(17-18-7-2-1-3-8-18)27(32)34-16-15-33-14-13-29-23-12-6-11-21-24(23)26(31)20-10-5-4-9-19(20)25(21)30;3-2(4,5)1(6)7/h1-12,22,29H,13-17,28H2;(H,6,7)/t22-;/m0./s1. The van der Waals surface area contributed by atoms with Gasteiger partial charge in [-0.2, -0.15) is 13.2 Å². The molecule has 9 nitrogen and oxygen atoms in total. The normalized spacial score (nSPS) is 12.8. The molecule has 0 bridgehead atoms. The molecule has 0 saturated heterocycles. The number of halogens is 3. The molecule has 12 heteroatoms. The first-order chi connectivity index (χ1) is 19.5. The third kappa shape index (κ3) is 8.47. The Labute approximate surface area is 233 Å². The van der Waals surface area contributed by atoms with Crippen LogP contribution in [0.2, 0.25) is 0 Å². The number of ether oxygens (including phenoxy) is 2. The summed E-state index contributed by atoms with van der Waals surface area (Å²) in [5.41, 5.74) is 9.09. The molecule has 0 unspecified atom stereocenters. The number of carboxylic acid groups (broad SMARTS) is 1. The molecule has 0 heterocycles. The second kappa shape index (κ2) is 14.2. The number of ketones is 2. The van der Waals surface area contributed by atoms with E-state index < -0.39 is 24.2 Å². The van der Waals surface area contributed by atoms with Crippen LogP contribution in [0.4, 0.5) is 18.9 Å². The molecule has 0 fully saturated rings. The SMILES string of the molecule is N[C@@H](Cc1ccccc1)C(=O)OCCOCCNc1cccc2c1C(=O)c1ccccc1C2=O.O=C(O)C(F)(F)F. The van der Waals surface area contributed by atoms with Gasteiger partial charge in [-0.05, 0) is 18.1 Å². The number of fused-ring (bicyclic) bond motifs is 2. The molecule has 1 atom stereocenters. The van der Waals surface area contributed by atoms with Gasteiger partial charge >= 0.3 is 18.1 Å². The van der Waals surface area contributed by atoms with Crippen molar-refractivity contribution in [2.24, 2.45) is 5.73 Å². The Morgan fingerprint density at radius 2 is 1.41 bits per heavy atom. The minimum atomic E-state index is -5.08. The summed E-state index contributed by atoms with van der Waals surface area (Å²) in [5, 5.41) is 10.3. The van der Waals surface area contributed by atoms with E-state index in [-0.39, 0.29) is 24.8 Å². The molecular formula is C29H27F3N2O7. The summed E-state index contributed by atoms with van der Waals surface area (Å²) in [6, 6.07) is 20.8. The predicted molar refractivity (Wildman–Crippen MR) is 142 cm³/mol. The zero-order valence-corrected chi connectivity index (χ0v) is 21.6. The van der Waals surface area contributed by atoms with Crippen molar-refractivity contribution in [3.05, 3.63) is 101 Å². The van der Waals surface area contributed by atoms with Gasteiger partial charge in [0.05, 0.1) is 18.8 Å². The topological polar surface area (TPSA) is 145 Å². The molecule has 1 aliphatic carbocycles. The van der Waals surface area contributed by atoms with Crippen molar-refractivity contribution in [1.29, 1.82) is 0 Å². The van der Waals surface area contributed by atoms with Gasteiger partial charge in [-0.1, -0.05) is 66.7 Å². The number of carboxylic acids is 1. The maximum atomic E-state index is 13.0. The largest absolute Gasteiger partial charge is 0.490 e. The van der Waals surface area contributed by atoms with E-state index in [4.69, 9.17) is 25.1 Å². The minimum Gasteiger partial charge on any atom is -0.475 e. The zero-order valence-electron chi connectivity index (χ0n) is 21.6. The lowest BCUT2D eigenvalue weighted by Gasteiger charge is -2.20. The first-order valence-corrected chi connectivity index (χ1v) is 12.4. The zero-order chi connectivity index (χ0) is 30.0. The Morgan fingerprint density at radius 1 is 0.829 bits per heavy atom. The van der Waals surface area contributed by atoms with Crippen molar-refractivity contribution < 1.29 is 46.9 Å². The van der Waals surface area contributed by atoms with Crippen LogP contribution < -0.4 is 11.1 Å². The highest BCUT2D eigenvalue weighted by molar-refractivity contribution is 6.30. The minimum absolute atomic E-state index is 0.103. The highest BCUT2D eigenvalue weighted by atomic mass is 19.4. The molecule has 216 valence electrons. The van der Waals surface area contributed by atoms with E-state index in [9.17, 15) is 27.6 Å². The molecule has 3 aromatic rings. The molecule has 0 amide bonds. The Balaban J connectivity index is 0.000000587. The van der Waals surface area contributed by atoms with Crippen LogP contribution >= 0.6 is 0 Å².